The first kappa shape index (κ1) is 21.5. The number of nitrogens with one attached hydrogen (secondary N) is 4. The van der Waals surface area contributed by atoms with Gasteiger partial charge in [0, 0.05) is 18.5 Å². The van der Waals surface area contributed by atoms with Gasteiger partial charge in [0.25, 0.3) is 5.56 Å². The molecule has 0 bridgehead atoms. The molecule has 2 rings (SSSR count). The molecule has 1 aromatic heterocycles. The van der Waals surface area contributed by atoms with E-state index >= 15 is 0 Å². The second-order valence-electron chi connectivity index (χ2n) is 5.98. The molecule has 0 fully saturated rings. The van der Waals surface area contributed by atoms with Crippen LogP contribution in [0.2, 0.25) is 0 Å². The highest BCUT2D eigenvalue weighted by molar-refractivity contribution is 7.98. The van der Waals surface area contributed by atoms with Crippen LogP contribution in [0.25, 0.3) is 10.8 Å². The summed E-state index contributed by atoms with van der Waals surface area (Å²) in [6.45, 7) is 0.965. The SMILES string of the molecule is COC(=O)C(CCSC)NC(=O)NCCCNc1n[nH]c(=O)c2ccccc12. The monoisotopic (exact) mass is 407 g/mol. The van der Waals surface area contributed by atoms with E-state index in [1.54, 1.807) is 23.9 Å². The van der Waals surface area contributed by atoms with Crippen LogP contribution < -0.4 is 21.5 Å². The van der Waals surface area contributed by atoms with Crippen LogP contribution in [0.3, 0.4) is 0 Å². The lowest BCUT2D eigenvalue weighted by molar-refractivity contribution is -0.142. The van der Waals surface area contributed by atoms with Crippen molar-refractivity contribution in [3.63, 3.8) is 0 Å². The predicted molar refractivity (Wildman–Crippen MR) is 111 cm³/mol. The third-order valence-electron chi connectivity index (χ3n) is 4.03. The maximum atomic E-state index is 12.0. The van der Waals surface area contributed by atoms with Crippen molar-refractivity contribution < 1.29 is 14.3 Å². The molecule has 1 atom stereocenters. The molecule has 1 aromatic carbocycles. The molecule has 0 spiro atoms. The predicted octanol–water partition coefficient (Wildman–Crippen LogP) is 1.32. The number of nitrogens with zero attached hydrogens (tertiary/aromatic N) is 1. The molecular formula is C18H25N5O4S. The number of aromatic nitrogens is 2. The number of carbonyl (C=O) groups excluding carboxylic acids is 2. The Balaban J connectivity index is 1.77. The molecule has 152 valence electrons. The van der Waals surface area contributed by atoms with Crippen LogP contribution in [0.5, 0.6) is 0 Å². The number of carbonyl (C=O) groups is 2. The Morgan fingerprint density at radius 3 is 2.71 bits per heavy atom. The molecule has 4 N–H and O–H groups in total. The highest BCUT2D eigenvalue weighted by Gasteiger charge is 2.20. The second kappa shape index (κ2) is 11.2. The van der Waals surface area contributed by atoms with E-state index in [4.69, 9.17) is 4.74 Å². The number of urea groups is 1. The Bertz CT molecular complexity index is 857. The molecule has 10 heteroatoms. The zero-order valence-electron chi connectivity index (χ0n) is 15.9. The van der Waals surface area contributed by atoms with Crippen LogP contribution in [0.1, 0.15) is 12.8 Å². The van der Waals surface area contributed by atoms with E-state index in [-0.39, 0.29) is 5.56 Å². The van der Waals surface area contributed by atoms with Gasteiger partial charge in [-0.15, -0.1) is 0 Å². The van der Waals surface area contributed by atoms with Gasteiger partial charge in [0.2, 0.25) is 0 Å². The number of fused-ring (bicyclic) bond motifs is 1. The van der Waals surface area contributed by atoms with E-state index in [0.29, 0.717) is 37.1 Å². The Morgan fingerprint density at radius 2 is 2.00 bits per heavy atom. The van der Waals surface area contributed by atoms with E-state index in [9.17, 15) is 14.4 Å². The van der Waals surface area contributed by atoms with Crippen molar-refractivity contribution in [2.75, 3.05) is 37.5 Å². The maximum absolute atomic E-state index is 12.0. The number of benzene rings is 1. The summed E-state index contributed by atoms with van der Waals surface area (Å²) in [6.07, 6.45) is 3.08. The first-order valence-electron chi connectivity index (χ1n) is 8.89. The van der Waals surface area contributed by atoms with Gasteiger partial charge in [0.15, 0.2) is 5.82 Å². The van der Waals surface area contributed by atoms with Crippen molar-refractivity contribution in [1.29, 1.82) is 0 Å². The number of rotatable bonds is 10. The average molecular weight is 407 g/mol. The fourth-order valence-corrected chi connectivity index (χ4v) is 3.05. The number of methoxy groups -OCH3 is 1. The highest BCUT2D eigenvalue weighted by atomic mass is 32.2. The number of thioether (sulfide) groups is 1. The van der Waals surface area contributed by atoms with Crippen LogP contribution in [0.15, 0.2) is 29.1 Å². The average Bonchev–Trinajstić information content (AvgIpc) is 2.72. The van der Waals surface area contributed by atoms with Gasteiger partial charge in [-0.3, -0.25) is 4.79 Å². The molecule has 9 nitrogen and oxygen atoms in total. The lowest BCUT2D eigenvalue weighted by Gasteiger charge is -2.16. The number of hydrogen-bond acceptors (Lipinski definition) is 7. The van der Waals surface area contributed by atoms with Crippen LogP contribution in [-0.2, 0) is 9.53 Å². The first-order valence-corrected chi connectivity index (χ1v) is 10.3. The molecule has 0 aliphatic carbocycles. The molecule has 2 amide bonds. The summed E-state index contributed by atoms with van der Waals surface area (Å²) >= 11 is 1.59. The summed E-state index contributed by atoms with van der Waals surface area (Å²) in [6, 6.07) is 6.13. The fraction of sp³-hybridized carbons (Fsp3) is 0.444. The largest absolute Gasteiger partial charge is 0.467 e. The highest BCUT2D eigenvalue weighted by Crippen LogP contribution is 2.16. The quantitative estimate of drug-likeness (QED) is 0.346. The van der Waals surface area contributed by atoms with Crippen LogP contribution >= 0.6 is 11.8 Å². The van der Waals surface area contributed by atoms with Gasteiger partial charge in [-0.05, 0) is 30.9 Å². The molecule has 0 saturated heterocycles. The van der Waals surface area contributed by atoms with E-state index in [1.165, 1.54) is 7.11 Å². The number of anilines is 1. The van der Waals surface area contributed by atoms with Gasteiger partial charge in [-0.1, -0.05) is 18.2 Å². The summed E-state index contributed by atoms with van der Waals surface area (Å²) in [4.78, 5) is 35.4. The Hall–Kier alpha value is -2.75. The van der Waals surface area contributed by atoms with Gasteiger partial charge in [-0.2, -0.15) is 16.9 Å². The zero-order valence-corrected chi connectivity index (χ0v) is 16.7. The number of H-pyrrole nitrogens is 1. The molecule has 0 aliphatic rings. The summed E-state index contributed by atoms with van der Waals surface area (Å²) < 4.78 is 4.71. The van der Waals surface area contributed by atoms with Crippen molar-refractivity contribution in [3.8, 4) is 0 Å². The van der Waals surface area contributed by atoms with Gasteiger partial charge in [-0.25, -0.2) is 14.7 Å². The number of aromatic amines is 1. The summed E-state index contributed by atoms with van der Waals surface area (Å²) in [5.74, 6) is 0.869. The molecule has 0 aliphatic heterocycles. The van der Waals surface area contributed by atoms with Crippen LogP contribution in [0, 0.1) is 0 Å². The van der Waals surface area contributed by atoms with Crippen molar-refractivity contribution in [2.24, 2.45) is 0 Å². The summed E-state index contributed by atoms with van der Waals surface area (Å²) in [5, 5.41) is 16.3. The van der Waals surface area contributed by atoms with E-state index in [2.05, 4.69) is 26.1 Å². The lowest BCUT2D eigenvalue weighted by atomic mass is 10.2. The summed E-state index contributed by atoms with van der Waals surface area (Å²) in [7, 11) is 1.30. The summed E-state index contributed by atoms with van der Waals surface area (Å²) in [5.41, 5.74) is -0.235. The third-order valence-corrected chi connectivity index (χ3v) is 4.67. The zero-order chi connectivity index (χ0) is 20.4. The normalized spacial score (nSPS) is 11.6. The molecule has 2 aromatic rings. The van der Waals surface area contributed by atoms with Crippen molar-refractivity contribution in [1.82, 2.24) is 20.8 Å². The van der Waals surface area contributed by atoms with E-state index in [0.717, 1.165) is 11.1 Å². The topological polar surface area (TPSA) is 125 Å². The Kier molecular flexibility index (Phi) is 8.60. The maximum Gasteiger partial charge on any atom is 0.328 e. The number of ether oxygens (including phenoxy) is 1. The number of hydrogen-bond donors (Lipinski definition) is 4. The molecule has 0 radical (unpaired) electrons. The van der Waals surface area contributed by atoms with Gasteiger partial charge in [0.1, 0.15) is 6.04 Å². The number of amides is 2. The van der Waals surface area contributed by atoms with Crippen molar-refractivity contribution >= 4 is 40.4 Å². The lowest BCUT2D eigenvalue weighted by Crippen LogP contribution is -2.47. The Morgan fingerprint density at radius 1 is 1.25 bits per heavy atom. The molecular weight excluding hydrogens is 382 g/mol. The standard InChI is InChI=1S/C18H25N5O4S/c1-27-17(25)14(8-11-28-2)21-18(26)20-10-5-9-19-15-12-6-3-4-7-13(12)16(24)23-22-15/h3-4,6-7,14H,5,8-11H2,1-2H3,(H,19,22)(H,23,24)(H2,20,21,26). The minimum atomic E-state index is -0.660. The van der Waals surface area contributed by atoms with E-state index < -0.39 is 18.0 Å². The third kappa shape index (κ3) is 6.15. The fourth-order valence-electron chi connectivity index (χ4n) is 2.58. The van der Waals surface area contributed by atoms with Crippen LogP contribution in [-0.4, -0.2) is 60.4 Å². The van der Waals surface area contributed by atoms with Crippen molar-refractivity contribution in [3.05, 3.63) is 34.6 Å². The molecule has 1 heterocycles. The van der Waals surface area contributed by atoms with E-state index in [1.807, 2.05) is 18.4 Å². The minimum absolute atomic E-state index is 0.235. The van der Waals surface area contributed by atoms with Gasteiger partial charge >= 0.3 is 12.0 Å². The number of esters is 1. The van der Waals surface area contributed by atoms with Gasteiger partial charge < -0.3 is 20.7 Å². The minimum Gasteiger partial charge on any atom is -0.467 e. The molecule has 28 heavy (non-hydrogen) atoms. The van der Waals surface area contributed by atoms with Gasteiger partial charge in [0.05, 0.1) is 12.5 Å². The second-order valence-corrected chi connectivity index (χ2v) is 6.97. The Labute approximate surface area is 167 Å². The molecule has 0 saturated carbocycles. The van der Waals surface area contributed by atoms with Crippen molar-refractivity contribution in [2.45, 2.75) is 18.9 Å². The smallest absolute Gasteiger partial charge is 0.328 e. The van der Waals surface area contributed by atoms with Crippen LogP contribution in [0.4, 0.5) is 10.6 Å². The first-order chi connectivity index (χ1) is 13.6. The molecule has 1 unspecified atom stereocenters.